The zero-order valence-electron chi connectivity index (χ0n) is 29.6. The second kappa shape index (κ2) is 13.8. The van der Waals surface area contributed by atoms with E-state index in [1.165, 1.54) is 0 Å². The van der Waals surface area contributed by atoms with Gasteiger partial charge in [0.2, 0.25) is 5.91 Å². The molecule has 5 rings (SSSR count). The molecule has 48 heavy (non-hydrogen) atoms. The monoisotopic (exact) mass is 693 g/mol. The van der Waals surface area contributed by atoms with Crippen molar-refractivity contribution in [3.63, 3.8) is 0 Å². The number of nitrogens with zero attached hydrogens (tertiary/aromatic N) is 1. The molecule has 11 nitrogen and oxygen atoms in total. The second-order valence-electron chi connectivity index (χ2n) is 17.5. The van der Waals surface area contributed by atoms with Crippen LogP contribution in [-0.2, 0) is 24.2 Å². The van der Waals surface area contributed by atoms with E-state index >= 15 is 0 Å². The number of amides is 3. The number of aliphatic carboxylic acids is 1. The highest BCUT2D eigenvalue weighted by Crippen LogP contribution is 2.65. The summed E-state index contributed by atoms with van der Waals surface area (Å²) in [5.74, 6) is -2.47. The molecule has 0 aromatic rings. The number of aliphatic hydroxyl groups excluding tert-OH is 1. The molecule has 4 saturated carbocycles. The second-order valence-corrected chi connectivity index (χ2v) is 20.2. The molecular weight excluding hydrogens is 634 g/mol. The molecule has 0 bridgehead atoms. The van der Waals surface area contributed by atoms with Crippen molar-refractivity contribution in [2.75, 3.05) is 12.3 Å². The molecule has 5 fully saturated rings. The first-order valence-corrected chi connectivity index (χ1v) is 20.1. The molecule has 5 aliphatic rings. The standard InChI is InChI=1S/C36H59N3O8S/c1-34(2,3)48(46,47)21-36(16-10-7-11-17-36)38-33(45)37-28(23-12-8-6-9-13-23)31(42)39-20-25-27(35(25,4)5)29(39)26(40)19-24(18-22-14-15-22)30(41)32(43)44/h22-25,27-30,41H,6-21H2,1-5H3,(H,43,44)(H2,37,38,45)/t24?,25?,27-,28-,29+,30?/m0/s1. The minimum Gasteiger partial charge on any atom is -0.479 e. The number of aliphatic hydroxyl groups is 1. The van der Waals surface area contributed by atoms with Gasteiger partial charge in [0.25, 0.3) is 0 Å². The Morgan fingerprint density at radius 2 is 1.54 bits per heavy atom. The maximum absolute atomic E-state index is 14.6. The van der Waals surface area contributed by atoms with Crippen LogP contribution in [0.15, 0.2) is 0 Å². The number of nitrogens with one attached hydrogen (secondary N) is 2. The van der Waals surface area contributed by atoms with Crippen LogP contribution < -0.4 is 10.6 Å². The van der Waals surface area contributed by atoms with Gasteiger partial charge < -0.3 is 25.7 Å². The van der Waals surface area contributed by atoms with Crippen molar-refractivity contribution in [2.45, 2.75) is 153 Å². The molecule has 12 heteroatoms. The third-order valence-electron chi connectivity index (χ3n) is 12.6. The van der Waals surface area contributed by atoms with Crippen LogP contribution in [-0.4, -0.2) is 88.0 Å². The van der Waals surface area contributed by atoms with Crippen molar-refractivity contribution < 1.29 is 37.8 Å². The van der Waals surface area contributed by atoms with Crippen LogP contribution in [0.3, 0.4) is 0 Å². The molecule has 0 aromatic carbocycles. The highest BCUT2D eigenvalue weighted by Gasteiger charge is 2.69. The first-order valence-electron chi connectivity index (χ1n) is 18.4. The molecule has 3 unspecified atom stereocenters. The van der Waals surface area contributed by atoms with Crippen molar-refractivity contribution >= 4 is 33.5 Å². The number of carbonyl (C=O) groups is 4. The zero-order chi connectivity index (χ0) is 35.2. The third-order valence-corrected chi connectivity index (χ3v) is 15.4. The van der Waals surface area contributed by atoms with Gasteiger partial charge in [0.1, 0.15) is 6.04 Å². The van der Waals surface area contributed by atoms with Gasteiger partial charge in [0.05, 0.1) is 22.1 Å². The summed E-state index contributed by atoms with van der Waals surface area (Å²) in [5, 5.41) is 26.2. The van der Waals surface area contributed by atoms with E-state index in [9.17, 15) is 37.8 Å². The van der Waals surface area contributed by atoms with Gasteiger partial charge in [0.15, 0.2) is 21.7 Å². The average Bonchev–Trinajstić information content (AvgIpc) is 3.86. The fraction of sp³-hybridized carbons (Fsp3) is 0.889. The van der Waals surface area contributed by atoms with E-state index in [1.807, 2.05) is 0 Å². The minimum absolute atomic E-state index is 0.0635. The molecule has 272 valence electrons. The first kappa shape index (κ1) is 37.1. The summed E-state index contributed by atoms with van der Waals surface area (Å²) in [6.07, 6.45) is 8.76. The molecule has 3 amide bonds. The van der Waals surface area contributed by atoms with Crippen LogP contribution >= 0.6 is 0 Å². The van der Waals surface area contributed by atoms with Crippen LogP contribution in [0, 0.1) is 35.0 Å². The summed E-state index contributed by atoms with van der Waals surface area (Å²) in [6, 6.07) is -2.16. The zero-order valence-corrected chi connectivity index (χ0v) is 30.4. The normalized spacial score (nSPS) is 28.9. The SMILES string of the molecule is CC1(C)C2CN(C(=O)[C@@H](NC(=O)NC3(CS(=O)(=O)C(C)(C)C)CCCCC3)C3CCCCC3)[C@H](C(=O)CC(CC3CC3)C(O)C(=O)O)[C@H]21. The number of carbonyl (C=O) groups excluding carboxylic acids is 3. The molecule has 1 heterocycles. The number of carboxylic acids is 1. The van der Waals surface area contributed by atoms with Crippen molar-refractivity contribution in [3.05, 3.63) is 0 Å². The molecule has 1 saturated heterocycles. The van der Waals surface area contributed by atoms with E-state index in [2.05, 4.69) is 24.5 Å². The summed E-state index contributed by atoms with van der Waals surface area (Å²) in [6.45, 7) is 9.60. The summed E-state index contributed by atoms with van der Waals surface area (Å²) in [4.78, 5) is 56.0. The molecule has 0 aromatic heterocycles. The number of ketones is 1. The van der Waals surface area contributed by atoms with Crippen molar-refractivity contribution in [2.24, 2.45) is 35.0 Å². The number of sulfone groups is 1. The number of piperidine rings is 1. The van der Waals surface area contributed by atoms with E-state index in [4.69, 9.17) is 0 Å². The smallest absolute Gasteiger partial charge is 0.332 e. The lowest BCUT2D eigenvalue weighted by Crippen LogP contribution is -2.62. The predicted octanol–water partition coefficient (Wildman–Crippen LogP) is 4.45. The van der Waals surface area contributed by atoms with Crippen LogP contribution in [0.25, 0.3) is 0 Å². The molecule has 0 radical (unpaired) electrons. The number of Topliss-reactive ketones (excluding diaryl/α,β-unsaturated/α-hetero) is 1. The Morgan fingerprint density at radius 1 is 0.938 bits per heavy atom. The Balaban J connectivity index is 1.37. The minimum atomic E-state index is -3.54. The molecular formula is C36H59N3O8S. The van der Waals surface area contributed by atoms with E-state index < -0.39 is 56.2 Å². The third kappa shape index (κ3) is 7.89. The number of hydrogen-bond donors (Lipinski definition) is 4. The van der Waals surface area contributed by atoms with Crippen LogP contribution in [0.5, 0.6) is 0 Å². The van der Waals surface area contributed by atoms with Gasteiger partial charge >= 0.3 is 12.0 Å². The molecule has 1 aliphatic heterocycles. The summed E-state index contributed by atoms with van der Waals surface area (Å²) < 4.78 is 25.7. The Kier molecular flexibility index (Phi) is 10.7. The highest BCUT2D eigenvalue weighted by atomic mass is 32.2. The van der Waals surface area contributed by atoms with E-state index in [0.29, 0.717) is 31.7 Å². The summed E-state index contributed by atoms with van der Waals surface area (Å²) in [5.41, 5.74) is -1.07. The molecule has 6 atom stereocenters. The number of rotatable bonds is 13. The summed E-state index contributed by atoms with van der Waals surface area (Å²) >= 11 is 0. The van der Waals surface area contributed by atoms with E-state index in [-0.39, 0.29) is 47.0 Å². The lowest BCUT2D eigenvalue weighted by Gasteiger charge is -2.41. The molecule has 0 spiro atoms. The van der Waals surface area contributed by atoms with Gasteiger partial charge in [-0.2, -0.15) is 0 Å². The highest BCUT2D eigenvalue weighted by molar-refractivity contribution is 7.92. The Hall–Kier alpha value is -2.21. The van der Waals surface area contributed by atoms with E-state index in [0.717, 1.165) is 64.2 Å². The quantitative estimate of drug-likeness (QED) is 0.219. The predicted molar refractivity (Wildman–Crippen MR) is 182 cm³/mol. The van der Waals surface area contributed by atoms with Gasteiger partial charge in [-0.1, -0.05) is 65.2 Å². The first-order chi connectivity index (χ1) is 22.4. The maximum atomic E-state index is 14.6. The van der Waals surface area contributed by atoms with Gasteiger partial charge in [0, 0.05) is 18.9 Å². The Morgan fingerprint density at radius 3 is 2.10 bits per heavy atom. The van der Waals surface area contributed by atoms with Gasteiger partial charge in [-0.15, -0.1) is 0 Å². The van der Waals surface area contributed by atoms with Crippen molar-refractivity contribution in [3.8, 4) is 0 Å². The number of likely N-dealkylation sites (tertiary alicyclic amines) is 1. The molecule has 4 N–H and O–H groups in total. The lowest BCUT2D eigenvalue weighted by molar-refractivity contribution is -0.151. The van der Waals surface area contributed by atoms with Gasteiger partial charge in [-0.3, -0.25) is 9.59 Å². The average molecular weight is 694 g/mol. The lowest BCUT2D eigenvalue weighted by atomic mass is 9.82. The van der Waals surface area contributed by atoms with Crippen molar-refractivity contribution in [1.29, 1.82) is 0 Å². The van der Waals surface area contributed by atoms with Gasteiger partial charge in [-0.25, -0.2) is 18.0 Å². The van der Waals surface area contributed by atoms with Crippen LogP contribution in [0.1, 0.15) is 125 Å². The van der Waals surface area contributed by atoms with Crippen LogP contribution in [0.2, 0.25) is 0 Å². The van der Waals surface area contributed by atoms with Crippen molar-refractivity contribution in [1.82, 2.24) is 15.5 Å². The fourth-order valence-corrected chi connectivity index (χ4v) is 10.7. The Labute approximate surface area is 286 Å². The molecule has 4 aliphatic carbocycles. The largest absolute Gasteiger partial charge is 0.479 e. The topological polar surface area (TPSA) is 170 Å². The number of carboxylic acid groups (broad SMARTS) is 1. The van der Waals surface area contributed by atoms with Crippen LogP contribution in [0.4, 0.5) is 4.79 Å². The fourth-order valence-electron chi connectivity index (χ4n) is 9.13. The van der Waals surface area contributed by atoms with Gasteiger partial charge in [-0.05, 0) is 82.0 Å². The summed E-state index contributed by atoms with van der Waals surface area (Å²) in [7, 11) is -3.54. The maximum Gasteiger partial charge on any atom is 0.332 e. The Bertz CT molecular complexity index is 1340. The number of urea groups is 1. The number of hydrogen-bond acceptors (Lipinski definition) is 7. The van der Waals surface area contributed by atoms with E-state index in [1.54, 1.807) is 25.7 Å². The number of fused-ring (bicyclic) bond motifs is 1.